The summed E-state index contributed by atoms with van der Waals surface area (Å²) in [6.45, 7) is 20.3. The monoisotopic (exact) mass is 814 g/mol. The van der Waals surface area contributed by atoms with Crippen LogP contribution >= 0.6 is 17.2 Å². The van der Waals surface area contributed by atoms with Crippen molar-refractivity contribution in [3.05, 3.63) is 155 Å². The van der Waals surface area contributed by atoms with Crippen LogP contribution in [0.1, 0.15) is 90.1 Å². The Morgan fingerprint density at radius 1 is 0.522 bits per heavy atom. The number of rotatable bonds is 2. The fraction of sp³-hybridized carbons (Fsp3) is 0.279. The molecule has 240 valence electrons. The van der Waals surface area contributed by atoms with Crippen LogP contribution in [0.5, 0.6) is 0 Å². The molecule has 0 heterocycles. The molecule has 0 nitrogen and oxygen atoms in total. The molecule has 0 unspecified atom stereocenters. The van der Waals surface area contributed by atoms with E-state index in [2.05, 4.69) is 153 Å². The van der Waals surface area contributed by atoms with Gasteiger partial charge in [0.15, 0.2) is 0 Å². The summed E-state index contributed by atoms with van der Waals surface area (Å²) in [5, 5.41) is 5.48. The molecule has 3 heteroatoms. The van der Waals surface area contributed by atoms with Gasteiger partial charge in [0.25, 0.3) is 0 Å². The minimum atomic E-state index is -2.60. The molecule has 0 aliphatic heterocycles. The molecule has 6 aromatic carbocycles. The summed E-state index contributed by atoms with van der Waals surface area (Å²) in [5.74, 6) is 0. The van der Waals surface area contributed by atoms with Crippen molar-refractivity contribution in [2.24, 2.45) is 0 Å². The molecule has 0 fully saturated rings. The molecule has 6 rings (SSSR count). The van der Waals surface area contributed by atoms with Crippen LogP contribution < -0.4 is 0 Å². The fourth-order valence-corrected chi connectivity index (χ4v) is 11.8. The van der Waals surface area contributed by atoms with Gasteiger partial charge in [-0.3, -0.25) is 0 Å². The first-order valence-electron chi connectivity index (χ1n) is 16.1. The molecule has 0 atom stereocenters. The predicted octanol–water partition coefficient (Wildman–Crippen LogP) is 13.2. The van der Waals surface area contributed by atoms with Gasteiger partial charge >= 0.3 is 111 Å². The van der Waals surface area contributed by atoms with Crippen LogP contribution in [0.25, 0.3) is 21.5 Å². The first-order valence-corrected chi connectivity index (χ1v) is 26.8. The van der Waals surface area contributed by atoms with Crippen LogP contribution in [0.2, 0.25) is 0 Å². The van der Waals surface area contributed by atoms with Gasteiger partial charge in [-0.25, -0.2) is 6.07 Å². The summed E-state index contributed by atoms with van der Waals surface area (Å²) in [4.78, 5) is 0. The molecule has 0 bridgehead atoms. The molecule has 0 N–H and O–H groups in total. The number of hydrogen-bond acceptors (Lipinski definition) is 0. The zero-order valence-electron chi connectivity index (χ0n) is 28.9. The van der Waals surface area contributed by atoms with Crippen molar-refractivity contribution in [3.63, 3.8) is 0 Å². The summed E-state index contributed by atoms with van der Waals surface area (Å²) >= 11 is -2.60. The van der Waals surface area contributed by atoms with Gasteiger partial charge < -0.3 is 0 Å². The Morgan fingerprint density at radius 2 is 0.935 bits per heavy atom. The van der Waals surface area contributed by atoms with Crippen molar-refractivity contribution < 1.29 is 18.6 Å². The normalized spacial score (nSPS) is 11.8. The van der Waals surface area contributed by atoms with Gasteiger partial charge in [-0.2, -0.15) is 23.8 Å². The van der Waals surface area contributed by atoms with Gasteiger partial charge in [0.2, 0.25) is 0 Å². The van der Waals surface area contributed by atoms with Crippen LogP contribution in [0.15, 0.2) is 127 Å². The maximum atomic E-state index is 6.25. The predicted molar refractivity (Wildman–Crippen MR) is 203 cm³/mol. The third kappa shape index (κ3) is 9.50. The fourth-order valence-electron chi connectivity index (χ4n) is 5.42. The topological polar surface area (TPSA) is 0 Å². The number of fused-ring (bicyclic) bond motifs is 3. The molecule has 0 saturated heterocycles. The SMILES string of the molecule is CC(C)(C)c1cc[cH-]c1.CC(C)(C)c1ccc2c(c1)[cH-]c1cc(C(C)(C)C)ccc12.[Cl][Hf]([Cl])=[C](c1ccccc1)c1ccccc1. The molecule has 6 aromatic rings. The Bertz CT molecular complexity index is 1760. The first kappa shape index (κ1) is 36.3. The second-order valence-electron chi connectivity index (χ2n) is 15.0. The summed E-state index contributed by atoms with van der Waals surface area (Å²) in [5.41, 5.74) is 7.26. The van der Waals surface area contributed by atoms with E-state index in [1.807, 2.05) is 36.4 Å². The first-order chi connectivity index (χ1) is 21.6. The Kier molecular flexibility index (Phi) is 11.9. The van der Waals surface area contributed by atoms with Crippen LogP contribution in [0.4, 0.5) is 0 Å². The summed E-state index contributed by atoms with van der Waals surface area (Å²) in [7, 11) is 12.5. The zero-order chi connectivity index (χ0) is 33.7. The van der Waals surface area contributed by atoms with Crippen molar-refractivity contribution >= 4 is 42.0 Å². The second-order valence-corrected chi connectivity index (χ2v) is 26.5. The Balaban J connectivity index is 0.000000170. The summed E-state index contributed by atoms with van der Waals surface area (Å²) in [6.07, 6.45) is 0. The Morgan fingerprint density at radius 3 is 1.24 bits per heavy atom. The van der Waals surface area contributed by atoms with Crippen molar-refractivity contribution in [2.45, 2.75) is 78.6 Å². The molecule has 0 radical (unpaired) electrons. The number of halogens is 2. The summed E-state index contributed by atoms with van der Waals surface area (Å²) < 4.78 is 1.16. The van der Waals surface area contributed by atoms with E-state index in [0.29, 0.717) is 5.41 Å². The van der Waals surface area contributed by atoms with Crippen LogP contribution in [-0.2, 0) is 34.8 Å². The molecule has 0 aliphatic carbocycles. The standard InChI is InChI=1S/C21H25.C13H10.C9H13.2ClH.Hf/c1-20(2,3)16-7-9-18-14(12-16)11-15-13-17(21(4,5)6)8-10-19(15)18;1-3-7-12(8-4-1)11-13-9-5-2-6-10-13;1-9(2,3)8-6-4-5-7-8;;;/h7-13H,1-6H3;1-10H;4-7H,1-3H3;2*1H;/q-1;;-1;;;+2/p-2. The van der Waals surface area contributed by atoms with Crippen molar-refractivity contribution in [1.29, 1.82) is 0 Å². The van der Waals surface area contributed by atoms with Crippen molar-refractivity contribution in [1.82, 2.24) is 0 Å². The molecule has 46 heavy (non-hydrogen) atoms. The van der Waals surface area contributed by atoms with Crippen LogP contribution in [0.3, 0.4) is 0 Å². The second kappa shape index (κ2) is 15.1. The van der Waals surface area contributed by atoms with Gasteiger partial charge in [0, 0.05) is 0 Å². The van der Waals surface area contributed by atoms with E-state index < -0.39 is 18.6 Å². The zero-order valence-corrected chi connectivity index (χ0v) is 34.0. The molecular weight excluding hydrogens is 766 g/mol. The van der Waals surface area contributed by atoms with Crippen molar-refractivity contribution in [3.8, 4) is 0 Å². The third-order valence-electron chi connectivity index (χ3n) is 8.28. The molecule has 0 aromatic heterocycles. The number of hydrogen-bond donors (Lipinski definition) is 0. The molecule has 0 saturated carbocycles. The van der Waals surface area contributed by atoms with Crippen LogP contribution in [0, 0.1) is 0 Å². The van der Waals surface area contributed by atoms with E-state index in [1.165, 1.54) is 38.2 Å². The van der Waals surface area contributed by atoms with Crippen molar-refractivity contribution in [2.75, 3.05) is 0 Å². The maximum absolute atomic E-state index is 6.25. The van der Waals surface area contributed by atoms with Gasteiger partial charge in [-0.05, 0) is 10.8 Å². The van der Waals surface area contributed by atoms with Gasteiger partial charge in [-0.15, -0.1) is 39.7 Å². The van der Waals surface area contributed by atoms with Gasteiger partial charge in [0.05, 0.1) is 0 Å². The van der Waals surface area contributed by atoms with E-state index in [1.54, 1.807) is 0 Å². The van der Waals surface area contributed by atoms with Gasteiger partial charge in [-0.1, -0.05) is 103 Å². The minimum absolute atomic E-state index is 0.203. The molecule has 0 amide bonds. The van der Waals surface area contributed by atoms with E-state index in [9.17, 15) is 0 Å². The average molecular weight is 814 g/mol. The van der Waals surface area contributed by atoms with E-state index in [4.69, 9.17) is 17.2 Å². The van der Waals surface area contributed by atoms with Crippen LogP contribution in [-0.4, -0.2) is 3.26 Å². The Hall–Kier alpha value is -2.58. The third-order valence-corrected chi connectivity index (χ3v) is 14.8. The summed E-state index contributed by atoms with van der Waals surface area (Å²) in [6, 6.07) is 45.0. The molecular formula is C43H48Cl2Hf-2. The quantitative estimate of drug-likeness (QED) is 0.121. The van der Waals surface area contributed by atoms with E-state index >= 15 is 0 Å². The van der Waals surface area contributed by atoms with Gasteiger partial charge in [0.1, 0.15) is 0 Å². The molecule has 0 spiro atoms. The Labute approximate surface area is 292 Å². The molecule has 0 aliphatic rings. The average Bonchev–Trinajstić information content (AvgIpc) is 3.66. The van der Waals surface area contributed by atoms with E-state index in [0.717, 1.165) is 14.4 Å². The number of benzene rings is 4. The van der Waals surface area contributed by atoms with E-state index in [-0.39, 0.29) is 10.8 Å².